The smallest absolute Gasteiger partial charge is 0.163 e. The van der Waals surface area contributed by atoms with Gasteiger partial charge in [-0.25, -0.2) is 9.97 Å². The highest BCUT2D eigenvalue weighted by Crippen LogP contribution is 2.45. The summed E-state index contributed by atoms with van der Waals surface area (Å²) in [7, 11) is 0. The van der Waals surface area contributed by atoms with Crippen LogP contribution in [0.3, 0.4) is 0 Å². The monoisotopic (exact) mass is 429 g/mol. The van der Waals surface area contributed by atoms with Gasteiger partial charge in [-0.2, -0.15) is 0 Å². The van der Waals surface area contributed by atoms with Crippen molar-refractivity contribution in [1.82, 2.24) is 9.97 Å². The number of anilines is 1. The van der Waals surface area contributed by atoms with Crippen LogP contribution in [0.2, 0.25) is 5.02 Å². The van der Waals surface area contributed by atoms with E-state index < -0.39 is 0 Å². The van der Waals surface area contributed by atoms with Gasteiger partial charge in [-0.3, -0.25) is 0 Å². The van der Waals surface area contributed by atoms with Crippen molar-refractivity contribution in [3.63, 3.8) is 0 Å². The minimum Gasteiger partial charge on any atom is -0.369 e. The summed E-state index contributed by atoms with van der Waals surface area (Å²) in [5.74, 6) is 2.03. The van der Waals surface area contributed by atoms with Crippen LogP contribution in [0.5, 0.6) is 0 Å². The van der Waals surface area contributed by atoms with E-state index >= 15 is 0 Å². The van der Waals surface area contributed by atoms with Crippen molar-refractivity contribution in [1.29, 1.82) is 0 Å². The van der Waals surface area contributed by atoms with E-state index in [0.717, 1.165) is 32.6 Å². The van der Waals surface area contributed by atoms with Crippen molar-refractivity contribution >= 4 is 49.3 Å². The number of hydrogen-bond donors (Lipinski definition) is 1. The number of nitrogens with one attached hydrogen (secondary N) is 1. The summed E-state index contributed by atoms with van der Waals surface area (Å²) < 4.78 is 1.94. The van der Waals surface area contributed by atoms with E-state index in [2.05, 4.69) is 49.1 Å². The summed E-state index contributed by atoms with van der Waals surface area (Å²) in [6.07, 6.45) is 2.37. The highest BCUT2D eigenvalue weighted by molar-refractivity contribution is 9.11. The zero-order chi connectivity index (χ0) is 15.0. The van der Waals surface area contributed by atoms with Gasteiger partial charge < -0.3 is 5.32 Å². The van der Waals surface area contributed by atoms with Gasteiger partial charge in [-0.1, -0.05) is 27.5 Å². The molecule has 1 saturated carbocycles. The predicted molar refractivity (Wildman–Crippen MR) is 94.0 cm³/mol. The molecule has 0 spiro atoms. The SMILES string of the molecule is CCNc1nc(-c2cc(Br)ccc2Cl)nc(C2CC2)c1Br. The molecule has 3 rings (SSSR count). The van der Waals surface area contributed by atoms with Crippen LogP contribution in [-0.2, 0) is 0 Å². The molecule has 1 aromatic heterocycles. The lowest BCUT2D eigenvalue weighted by Crippen LogP contribution is -2.06. The zero-order valence-electron chi connectivity index (χ0n) is 11.5. The molecule has 110 valence electrons. The van der Waals surface area contributed by atoms with Crippen LogP contribution < -0.4 is 5.32 Å². The molecule has 0 amide bonds. The van der Waals surface area contributed by atoms with Gasteiger partial charge in [0, 0.05) is 22.5 Å². The van der Waals surface area contributed by atoms with Gasteiger partial charge in [-0.05, 0) is 53.9 Å². The average Bonchev–Trinajstić information content (AvgIpc) is 3.28. The van der Waals surface area contributed by atoms with Crippen LogP contribution in [0.4, 0.5) is 5.82 Å². The van der Waals surface area contributed by atoms with Crippen LogP contribution >= 0.6 is 43.5 Å². The van der Waals surface area contributed by atoms with Crippen LogP contribution in [0.25, 0.3) is 11.4 Å². The lowest BCUT2D eigenvalue weighted by Gasteiger charge is -2.13. The number of benzene rings is 1. The first-order valence-electron chi connectivity index (χ1n) is 6.87. The predicted octanol–water partition coefficient (Wildman–Crippen LogP) is 5.63. The van der Waals surface area contributed by atoms with Crippen molar-refractivity contribution in [3.8, 4) is 11.4 Å². The second-order valence-electron chi connectivity index (χ2n) is 5.02. The fraction of sp³-hybridized carbons (Fsp3) is 0.333. The van der Waals surface area contributed by atoms with Gasteiger partial charge in [0.25, 0.3) is 0 Å². The maximum Gasteiger partial charge on any atom is 0.163 e. The first-order valence-corrected chi connectivity index (χ1v) is 8.83. The molecule has 1 N–H and O–H groups in total. The highest BCUT2D eigenvalue weighted by Gasteiger charge is 2.29. The molecule has 0 bridgehead atoms. The molecular formula is C15H14Br2ClN3. The molecule has 21 heavy (non-hydrogen) atoms. The molecule has 0 atom stereocenters. The molecule has 1 aliphatic rings. The molecule has 0 saturated heterocycles. The van der Waals surface area contributed by atoms with Crippen molar-refractivity contribution in [2.75, 3.05) is 11.9 Å². The molecule has 1 aromatic carbocycles. The molecule has 1 aliphatic carbocycles. The third-order valence-corrected chi connectivity index (χ3v) is 4.96. The topological polar surface area (TPSA) is 37.8 Å². The lowest BCUT2D eigenvalue weighted by atomic mass is 10.2. The van der Waals surface area contributed by atoms with Gasteiger partial charge in [0.2, 0.25) is 0 Å². The number of rotatable bonds is 4. The Hall–Kier alpha value is -0.650. The first kappa shape index (κ1) is 15.3. The van der Waals surface area contributed by atoms with E-state index in [-0.39, 0.29) is 0 Å². The molecule has 3 nitrogen and oxygen atoms in total. The quantitative estimate of drug-likeness (QED) is 0.682. The third-order valence-electron chi connectivity index (χ3n) is 3.35. The minimum absolute atomic E-state index is 0.532. The Balaban J connectivity index is 2.15. The molecular weight excluding hydrogens is 417 g/mol. The summed E-state index contributed by atoms with van der Waals surface area (Å²) >= 11 is 13.4. The van der Waals surface area contributed by atoms with E-state index in [1.54, 1.807) is 0 Å². The fourth-order valence-corrected chi connectivity index (χ4v) is 3.37. The second-order valence-corrected chi connectivity index (χ2v) is 7.14. The molecule has 6 heteroatoms. The fourth-order valence-electron chi connectivity index (χ4n) is 2.17. The Kier molecular flexibility index (Phi) is 4.52. The maximum atomic E-state index is 6.31. The van der Waals surface area contributed by atoms with Gasteiger partial charge in [-0.15, -0.1) is 0 Å². The van der Waals surface area contributed by atoms with Gasteiger partial charge in [0.15, 0.2) is 5.82 Å². The van der Waals surface area contributed by atoms with Crippen LogP contribution in [-0.4, -0.2) is 16.5 Å². The van der Waals surface area contributed by atoms with Crippen molar-refractivity contribution in [2.24, 2.45) is 0 Å². The van der Waals surface area contributed by atoms with Gasteiger partial charge >= 0.3 is 0 Å². The second kappa shape index (κ2) is 6.23. The Morgan fingerprint density at radius 2 is 2.05 bits per heavy atom. The lowest BCUT2D eigenvalue weighted by molar-refractivity contribution is 0.974. The molecule has 0 unspecified atom stereocenters. The van der Waals surface area contributed by atoms with E-state index in [1.807, 2.05) is 18.2 Å². The largest absolute Gasteiger partial charge is 0.369 e. The third kappa shape index (κ3) is 3.25. The zero-order valence-corrected chi connectivity index (χ0v) is 15.4. The summed E-state index contributed by atoms with van der Waals surface area (Å²) in [5, 5.41) is 3.95. The van der Waals surface area contributed by atoms with Crippen LogP contribution in [0.15, 0.2) is 27.1 Å². The Bertz CT molecular complexity index is 687. The number of halogens is 3. The molecule has 0 radical (unpaired) electrons. The Labute approximate surface area is 145 Å². The van der Waals surface area contributed by atoms with E-state index in [9.17, 15) is 0 Å². The Morgan fingerprint density at radius 3 is 2.71 bits per heavy atom. The van der Waals surface area contributed by atoms with Crippen LogP contribution in [0, 0.1) is 0 Å². The summed E-state index contributed by atoms with van der Waals surface area (Å²) in [5.41, 5.74) is 1.92. The summed E-state index contributed by atoms with van der Waals surface area (Å²) in [4.78, 5) is 9.38. The van der Waals surface area contributed by atoms with E-state index in [0.29, 0.717) is 16.8 Å². The minimum atomic E-state index is 0.532. The van der Waals surface area contributed by atoms with Gasteiger partial charge in [0.05, 0.1) is 15.2 Å². The Morgan fingerprint density at radius 1 is 1.29 bits per heavy atom. The highest BCUT2D eigenvalue weighted by atomic mass is 79.9. The average molecular weight is 432 g/mol. The number of hydrogen-bond acceptors (Lipinski definition) is 3. The molecule has 1 heterocycles. The number of nitrogens with zero attached hydrogens (tertiary/aromatic N) is 2. The van der Waals surface area contributed by atoms with Crippen molar-refractivity contribution < 1.29 is 0 Å². The van der Waals surface area contributed by atoms with E-state index in [4.69, 9.17) is 16.6 Å². The van der Waals surface area contributed by atoms with E-state index in [1.165, 1.54) is 12.8 Å². The van der Waals surface area contributed by atoms with Crippen molar-refractivity contribution in [2.45, 2.75) is 25.7 Å². The first-order chi connectivity index (χ1) is 10.1. The van der Waals surface area contributed by atoms with Crippen LogP contribution in [0.1, 0.15) is 31.4 Å². The maximum absolute atomic E-state index is 6.31. The summed E-state index contributed by atoms with van der Waals surface area (Å²) in [6.45, 7) is 2.86. The van der Waals surface area contributed by atoms with Gasteiger partial charge in [0.1, 0.15) is 5.82 Å². The molecule has 2 aromatic rings. The van der Waals surface area contributed by atoms with Crippen molar-refractivity contribution in [3.05, 3.63) is 37.9 Å². The number of aromatic nitrogens is 2. The normalized spacial score (nSPS) is 14.3. The molecule has 1 fully saturated rings. The molecule has 0 aliphatic heterocycles. The summed E-state index contributed by atoms with van der Waals surface area (Å²) in [6, 6.07) is 5.73. The standard InChI is InChI=1S/C15H14Br2ClN3/c1-2-19-15-12(17)13(8-3-4-8)20-14(21-15)10-7-9(16)5-6-11(10)18/h5-8H,2-4H2,1H3,(H,19,20,21).